The first-order valence-corrected chi connectivity index (χ1v) is 17.8. The van der Waals surface area contributed by atoms with E-state index in [0.29, 0.717) is 0 Å². The molecular weight excluding hydrogens is 569 g/mol. The van der Waals surface area contributed by atoms with Gasteiger partial charge in [0.1, 0.15) is 11.5 Å². The van der Waals surface area contributed by atoms with Crippen molar-refractivity contribution in [1.82, 2.24) is 0 Å². The molecule has 1 aliphatic carbocycles. The molecule has 0 fully saturated rings. The standard InChI is InChI=1S/C44H54BNO/c1-40(2,3)27-17-18-33-38(24-27)47-37-16-14-15-35-39(37)45(33)34-25-31-32(44(12,13)20-19-43(31,10)11)26-36(34)46(35)30-22-28(41(4,5)6)21-29(23-30)42(7,8)9/h14-18,21-26H,19-20H2,1-13H3. The van der Waals surface area contributed by atoms with Crippen LogP contribution < -0.4 is 26.0 Å². The molecule has 0 unspecified atom stereocenters. The van der Waals surface area contributed by atoms with E-state index >= 15 is 0 Å². The quantitative estimate of drug-likeness (QED) is 0.169. The van der Waals surface area contributed by atoms with Crippen molar-refractivity contribution < 1.29 is 4.74 Å². The Morgan fingerprint density at radius 1 is 0.574 bits per heavy atom. The molecule has 0 radical (unpaired) electrons. The normalized spacial score (nSPS) is 17.7. The lowest BCUT2D eigenvalue weighted by atomic mass is 9.33. The van der Waals surface area contributed by atoms with E-state index in [9.17, 15) is 0 Å². The van der Waals surface area contributed by atoms with Gasteiger partial charge in [0.2, 0.25) is 0 Å². The van der Waals surface area contributed by atoms with Gasteiger partial charge in [0.05, 0.1) is 0 Å². The van der Waals surface area contributed by atoms with Crippen LogP contribution in [-0.2, 0) is 27.1 Å². The van der Waals surface area contributed by atoms with Gasteiger partial charge in [0.25, 0.3) is 6.71 Å². The summed E-state index contributed by atoms with van der Waals surface area (Å²) in [5.41, 5.74) is 15.0. The van der Waals surface area contributed by atoms with Crippen molar-refractivity contribution in [1.29, 1.82) is 0 Å². The third kappa shape index (κ3) is 5.15. The average Bonchev–Trinajstić information content (AvgIpc) is 2.97. The number of hydrogen-bond donors (Lipinski definition) is 0. The van der Waals surface area contributed by atoms with E-state index in [1.807, 2.05) is 0 Å². The molecule has 4 aromatic rings. The van der Waals surface area contributed by atoms with Crippen LogP contribution in [-0.4, -0.2) is 6.71 Å². The Balaban J connectivity index is 1.58. The zero-order valence-electron chi connectivity index (χ0n) is 31.2. The molecule has 2 nitrogen and oxygen atoms in total. The molecule has 3 aliphatic rings. The fourth-order valence-electron chi connectivity index (χ4n) is 8.09. The maximum atomic E-state index is 6.88. The van der Waals surface area contributed by atoms with Crippen molar-refractivity contribution in [3.8, 4) is 11.5 Å². The summed E-state index contributed by atoms with van der Waals surface area (Å²) in [4.78, 5) is 2.57. The van der Waals surface area contributed by atoms with Crippen LogP contribution in [0.5, 0.6) is 11.5 Å². The fourth-order valence-corrected chi connectivity index (χ4v) is 8.09. The Labute approximate surface area is 285 Å². The summed E-state index contributed by atoms with van der Waals surface area (Å²) >= 11 is 0. The van der Waals surface area contributed by atoms with E-state index < -0.39 is 0 Å². The smallest absolute Gasteiger partial charge is 0.256 e. The molecular formula is C44H54BNO. The minimum Gasteiger partial charge on any atom is -0.458 e. The van der Waals surface area contributed by atoms with Gasteiger partial charge in [-0.15, -0.1) is 0 Å². The van der Waals surface area contributed by atoms with Gasteiger partial charge in [-0.1, -0.05) is 120 Å². The maximum Gasteiger partial charge on any atom is 0.256 e. The second-order valence-corrected chi connectivity index (χ2v) is 19.1. The Bertz CT molecular complexity index is 1890. The highest BCUT2D eigenvalue weighted by atomic mass is 16.5. The summed E-state index contributed by atoms with van der Waals surface area (Å²) in [6.07, 6.45) is 2.38. The molecule has 4 aromatic carbocycles. The summed E-state index contributed by atoms with van der Waals surface area (Å²) in [6.45, 7) is 30.7. The predicted molar refractivity (Wildman–Crippen MR) is 204 cm³/mol. The van der Waals surface area contributed by atoms with Crippen LogP contribution in [0, 0.1) is 0 Å². The zero-order chi connectivity index (χ0) is 34.1. The topological polar surface area (TPSA) is 12.5 Å². The second-order valence-electron chi connectivity index (χ2n) is 19.1. The van der Waals surface area contributed by atoms with Gasteiger partial charge in [-0.3, -0.25) is 0 Å². The molecule has 2 aliphatic heterocycles. The van der Waals surface area contributed by atoms with Gasteiger partial charge in [-0.2, -0.15) is 0 Å². The maximum absolute atomic E-state index is 6.88. The molecule has 47 heavy (non-hydrogen) atoms. The van der Waals surface area contributed by atoms with E-state index in [2.05, 4.69) is 162 Å². The lowest BCUT2D eigenvalue weighted by Gasteiger charge is -2.46. The minimum atomic E-state index is 0.0158. The highest BCUT2D eigenvalue weighted by Gasteiger charge is 2.45. The second kappa shape index (κ2) is 10.0. The number of fused-ring (bicyclic) bond motifs is 5. The number of rotatable bonds is 1. The SMILES string of the molecule is CC(C)(C)c1cc(N2c3cc4c(cc3B3c5ccc(C(C)(C)C)cc5Oc5cccc2c53)C(C)(C)CCC4(C)C)cc(C(C)(C)C)c1. The predicted octanol–water partition coefficient (Wildman–Crippen LogP) is 10.3. The largest absolute Gasteiger partial charge is 0.458 e. The number of anilines is 3. The Kier molecular flexibility index (Phi) is 6.86. The van der Waals surface area contributed by atoms with E-state index in [1.54, 1.807) is 0 Å². The van der Waals surface area contributed by atoms with E-state index in [1.165, 1.54) is 74.1 Å². The third-order valence-corrected chi connectivity index (χ3v) is 11.4. The highest BCUT2D eigenvalue weighted by molar-refractivity contribution is 6.99. The first kappa shape index (κ1) is 32.1. The van der Waals surface area contributed by atoms with Crippen LogP contribution >= 0.6 is 0 Å². The molecule has 2 heterocycles. The first-order valence-electron chi connectivity index (χ1n) is 17.8. The summed E-state index contributed by atoms with van der Waals surface area (Å²) < 4.78 is 6.88. The van der Waals surface area contributed by atoms with E-state index in [4.69, 9.17) is 4.74 Å². The lowest BCUT2D eigenvalue weighted by molar-refractivity contribution is 0.332. The summed E-state index contributed by atoms with van der Waals surface area (Å²) in [5.74, 6) is 1.97. The Morgan fingerprint density at radius 3 is 1.72 bits per heavy atom. The Hall–Kier alpha value is -3.46. The molecule has 0 saturated heterocycles. The molecule has 0 N–H and O–H groups in total. The van der Waals surface area contributed by atoms with Crippen molar-refractivity contribution in [2.24, 2.45) is 0 Å². The number of nitrogens with zero attached hydrogens (tertiary/aromatic N) is 1. The monoisotopic (exact) mass is 623 g/mol. The average molecular weight is 624 g/mol. The Morgan fingerprint density at radius 2 is 1.15 bits per heavy atom. The van der Waals surface area contributed by atoms with Crippen molar-refractivity contribution >= 4 is 40.2 Å². The number of benzene rings is 4. The molecule has 244 valence electrons. The van der Waals surface area contributed by atoms with Gasteiger partial charge in [-0.05, 0) is 121 Å². The van der Waals surface area contributed by atoms with Crippen molar-refractivity contribution in [2.45, 2.75) is 130 Å². The molecule has 0 bridgehead atoms. The van der Waals surface area contributed by atoms with Crippen molar-refractivity contribution in [3.63, 3.8) is 0 Å². The van der Waals surface area contributed by atoms with Crippen LogP contribution in [0.15, 0.2) is 66.7 Å². The molecule has 0 amide bonds. The molecule has 7 rings (SSSR count). The van der Waals surface area contributed by atoms with Gasteiger partial charge >= 0.3 is 0 Å². The van der Waals surface area contributed by atoms with Crippen LogP contribution in [0.25, 0.3) is 0 Å². The molecule has 0 saturated carbocycles. The van der Waals surface area contributed by atoms with E-state index in [-0.39, 0.29) is 33.8 Å². The third-order valence-electron chi connectivity index (χ3n) is 11.4. The molecule has 0 spiro atoms. The molecule has 0 atom stereocenters. The minimum absolute atomic E-state index is 0.0158. The fraction of sp³-hybridized carbons (Fsp3) is 0.455. The van der Waals surface area contributed by atoms with Crippen molar-refractivity contribution in [3.05, 3.63) is 94.5 Å². The summed E-state index contributed by atoms with van der Waals surface area (Å²) in [5, 5.41) is 0. The van der Waals surface area contributed by atoms with Crippen molar-refractivity contribution in [2.75, 3.05) is 4.90 Å². The number of ether oxygens (including phenoxy) is 1. The molecule has 0 aromatic heterocycles. The van der Waals surface area contributed by atoms with Crippen LogP contribution in [0.1, 0.15) is 131 Å². The lowest BCUT2D eigenvalue weighted by Crippen LogP contribution is -2.60. The molecule has 3 heteroatoms. The van der Waals surface area contributed by atoms with Gasteiger partial charge in [-0.25, -0.2) is 0 Å². The number of hydrogen-bond acceptors (Lipinski definition) is 2. The van der Waals surface area contributed by atoms with Gasteiger partial charge in [0.15, 0.2) is 0 Å². The zero-order valence-corrected chi connectivity index (χ0v) is 31.2. The van der Waals surface area contributed by atoms with Gasteiger partial charge in [0, 0.05) is 17.1 Å². The first-order chi connectivity index (χ1) is 21.7. The summed E-state index contributed by atoms with van der Waals surface area (Å²) in [7, 11) is 0. The highest BCUT2D eigenvalue weighted by Crippen LogP contribution is 2.50. The van der Waals surface area contributed by atoms with Crippen LogP contribution in [0.3, 0.4) is 0 Å². The van der Waals surface area contributed by atoms with Crippen LogP contribution in [0.4, 0.5) is 17.1 Å². The van der Waals surface area contributed by atoms with Crippen LogP contribution in [0.2, 0.25) is 0 Å². The van der Waals surface area contributed by atoms with Gasteiger partial charge < -0.3 is 9.64 Å². The summed E-state index contributed by atoms with van der Waals surface area (Å²) in [6, 6.07) is 26.2. The van der Waals surface area contributed by atoms with E-state index in [0.717, 1.165) is 11.5 Å².